The van der Waals surface area contributed by atoms with Crippen molar-refractivity contribution in [3.05, 3.63) is 23.8 Å². The monoisotopic (exact) mass is 291 g/mol. The maximum Gasteiger partial charge on any atom is 0.122 e. The summed E-state index contributed by atoms with van der Waals surface area (Å²) in [5.41, 5.74) is 2.05. The Morgan fingerprint density at radius 2 is 2.24 bits per heavy atom. The molecule has 21 heavy (non-hydrogen) atoms. The molecule has 2 rings (SSSR count). The molecular weight excluding hydrogens is 262 g/mol. The first-order valence-electron chi connectivity index (χ1n) is 8.00. The highest BCUT2D eigenvalue weighted by Gasteiger charge is 2.22. The molecular formula is C17H29N3O. The molecule has 118 valence electrons. The van der Waals surface area contributed by atoms with Crippen molar-refractivity contribution in [3.63, 3.8) is 0 Å². The van der Waals surface area contributed by atoms with E-state index in [1.807, 2.05) is 12.1 Å². The largest absolute Gasteiger partial charge is 0.508 e. The van der Waals surface area contributed by atoms with Gasteiger partial charge in [0.15, 0.2) is 0 Å². The molecule has 0 radical (unpaired) electrons. The molecule has 0 aliphatic carbocycles. The molecule has 1 saturated heterocycles. The summed E-state index contributed by atoms with van der Waals surface area (Å²) in [4.78, 5) is 4.67. The maximum atomic E-state index is 10.3. The molecule has 1 aromatic rings. The standard InChI is InChI=1S/C17H29N3O/c1-5-18-13(2)16-9-8-14(11-17(16)21)20(4)12-15-7-6-10-19(15)3/h8-9,11,13,15,18,21H,5-7,10,12H2,1-4H3. The molecule has 1 aliphatic rings. The highest BCUT2D eigenvalue weighted by molar-refractivity contribution is 5.53. The Balaban J connectivity index is 2.04. The number of phenols is 1. The van der Waals surface area contributed by atoms with Crippen molar-refractivity contribution in [2.75, 3.05) is 38.6 Å². The predicted octanol–water partition coefficient (Wildman–Crippen LogP) is 2.59. The van der Waals surface area contributed by atoms with Crippen LogP contribution in [0.2, 0.25) is 0 Å². The molecule has 1 fully saturated rings. The molecule has 0 bridgehead atoms. The number of rotatable bonds is 6. The van der Waals surface area contributed by atoms with Gasteiger partial charge >= 0.3 is 0 Å². The van der Waals surface area contributed by atoms with Crippen molar-refractivity contribution < 1.29 is 5.11 Å². The second kappa shape index (κ2) is 7.14. The fourth-order valence-electron chi connectivity index (χ4n) is 3.18. The number of hydrogen-bond donors (Lipinski definition) is 2. The number of nitrogens with one attached hydrogen (secondary N) is 1. The first-order chi connectivity index (χ1) is 10.0. The van der Waals surface area contributed by atoms with Gasteiger partial charge in [0, 0.05) is 43.0 Å². The molecule has 1 aromatic carbocycles. The summed E-state index contributed by atoms with van der Waals surface area (Å²) in [6.07, 6.45) is 2.56. The molecule has 2 unspecified atom stereocenters. The zero-order valence-electron chi connectivity index (χ0n) is 13.8. The van der Waals surface area contributed by atoms with Crippen LogP contribution in [0.25, 0.3) is 0 Å². The van der Waals surface area contributed by atoms with E-state index in [1.54, 1.807) is 0 Å². The lowest BCUT2D eigenvalue weighted by Crippen LogP contribution is -2.36. The van der Waals surface area contributed by atoms with E-state index < -0.39 is 0 Å². The van der Waals surface area contributed by atoms with Gasteiger partial charge in [-0.25, -0.2) is 0 Å². The molecule has 2 N–H and O–H groups in total. The molecule has 0 saturated carbocycles. The van der Waals surface area contributed by atoms with Crippen molar-refractivity contribution in [1.82, 2.24) is 10.2 Å². The molecule has 2 atom stereocenters. The average molecular weight is 291 g/mol. The Hall–Kier alpha value is -1.26. The van der Waals surface area contributed by atoms with Gasteiger partial charge in [0.2, 0.25) is 0 Å². The van der Waals surface area contributed by atoms with E-state index in [4.69, 9.17) is 0 Å². The highest BCUT2D eigenvalue weighted by Crippen LogP contribution is 2.29. The minimum absolute atomic E-state index is 0.176. The SMILES string of the molecule is CCNC(C)c1ccc(N(C)CC2CCCN2C)cc1O. The first-order valence-corrected chi connectivity index (χ1v) is 8.00. The fraction of sp³-hybridized carbons (Fsp3) is 0.647. The van der Waals surface area contributed by atoms with E-state index in [2.05, 4.69) is 49.1 Å². The number of likely N-dealkylation sites (N-methyl/N-ethyl adjacent to an activating group) is 2. The number of aromatic hydroxyl groups is 1. The van der Waals surface area contributed by atoms with Crippen LogP contribution in [0, 0.1) is 0 Å². The molecule has 1 heterocycles. The summed E-state index contributed by atoms with van der Waals surface area (Å²) in [6.45, 7) is 7.26. The van der Waals surface area contributed by atoms with E-state index in [-0.39, 0.29) is 6.04 Å². The third-order valence-corrected chi connectivity index (χ3v) is 4.59. The Bertz CT molecular complexity index is 463. The van der Waals surface area contributed by atoms with Gasteiger partial charge in [0.05, 0.1) is 0 Å². The fourth-order valence-corrected chi connectivity index (χ4v) is 3.18. The summed E-state index contributed by atoms with van der Waals surface area (Å²) >= 11 is 0. The Morgan fingerprint density at radius 3 is 2.81 bits per heavy atom. The smallest absolute Gasteiger partial charge is 0.122 e. The van der Waals surface area contributed by atoms with Crippen LogP contribution in [0.5, 0.6) is 5.75 Å². The number of hydrogen-bond acceptors (Lipinski definition) is 4. The van der Waals surface area contributed by atoms with Gasteiger partial charge in [-0.1, -0.05) is 13.0 Å². The average Bonchev–Trinajstić information content (AvgIpc) is 2.84. The van der Waals surface area contributed by atoms with E-state index in [9.17, 15) is 5.11 Å². The normalized spacial score (nSPS) is 20.7. The minimum atomic E-state index is 0.176. The molecule has 0 amide bonds. The van der Waals surface area contributed by atoms with Gasteiger partial charge in [0.1, 0.15) is 5.75 Å². The molecule has 0 spiro atoms. The van der Waals surface area contributed by atoms with Crippen molar-refractivity contribution in [2.24, 2.45) is 0 Å². The third-order valence-electron chi connectivity index (χ3n) is 4.59. The molecule has 1 aliphatic heterocycles. The number of phenolic OH excluding ortho intramolecular Hbond substituents is 1. The van der Waals surface area contributed by atoms with E-state index >= 15 is 0 Å². The first kappa shape index (κ1) is 16.1. The molecule has 0 aromatic heterocycles. The van der Waals surface area contributed by atoms with Crippen LogP contribution in [-0.4, -0.2) is 49.8 Å². The zero-order chi connectivity index (χ0) is 15.4. The highest BCUT2D eigenvalue weighted by atomic mass is 16.3. The summed E-state index contributed by atoms with van der Waals surface area (Å²) < 4.78 is 0. The third kappa shape index (κ3) is 3.89. The van der Waals surface area contributed by atoms with Gasteiger partial charge in [-0.2, -0.15) is 0 Å². The van der Waals surface area contributed by atoms with Crippen LogP contribution in [0.4, 0.5) is 5.69 Å². The van der Waals surface area contributed by atoms with Gasteiger partial charge in [-0.3, -0.25) is 0 Å². The number of benzene rings is 1. The van der Waals surface area contributed by atoms with Crippen LogP contribution in [0.1, 0.15) is 38.3 Å². The van der Waals surface area contributed by atoms with E-state index in [0.717, 1.165) is 24.3 Å². The molecule has 4 nitrogen and oxygen atoms in total. The van der Waals surface area contributed by atoms with E-state index in [1.165, 1.54) is 19.4 Å². The quantitative estimate of drug-likeness (QED) is 0.845. The van der Waals surface area contributed by atoms with Crippen molar-refractivity contribution >= 4 is 5.69 Å². The van der Waals surface area contributed by atoms with Crippen LogP contribution in [0.15, 0.2) is 18.2 Å². The van der Waals surface area contributed by atoms with Gasteiger partial charge < -0.3 is 20.2 Å². The lowest BCUT2D eigenvalue weighted by molar-refractivity contribution is 0.314. The number of anilines is 1. The number of nitrogens with zero attached hydrogens (tertiary/aromatic N) is 2. The van der Waals surface area contributed by atoms with Crippen LogP contribution < -0.4 is 10.2 Å². The lowest BCUT2D eigenvalue weighted by atomic mass is 10.1. The lowest BCUT2D eigenvalue weighted by Gasteiger charge is -2.28. The van der Waals surface area contributed by atoms with Crippen molar-refractivity contribution in [1.29, 1.82) is 0 Å². The Labute approximate surface area is 128 Å². The summed E-state index contributed by atoms with van der Waals surface area (Å²) in [7, 11) is 4.30. The minimum Gasteiger partial charge on any atom is -0.508 e. The van der Waals surface area contributed by atoms with Gasteiger partial charge in [-0.15, -0.1) is 0 Å². The van der Waals surface area contributed by atoms with Gasteiger partial charge in [-0.05, 0) is 46.0 Å². The maximum absolute atomic E-state index is 10.3. The predicted molar refractivity (Wildman–Crippen MR) is 89.1 cm³/mol. The van der Waals surface area contributed by atoms with Crippen molar-refractivity contribution in [3.8, 4) is 5.75 Å². The zero-order valence-corrected chi connectivity index (χ0v) is 13.8. The number of likely N-dealkylation sites (tertiary alicyclic amines) is 1. The second-order valence-electron chi connectivity index (χ2n) is 6.18. The molecule has 4 heteroatoms. The van der Waals surface area contributed by atoms with E-state index in [0.29, 0.717) is 11.8 Å². The van der Waals surface area contributed by atoms with Crippen LogP contribution >= 0.6 is 0 Å². The topological polar surface area (TPSA) is 38.7 Å². The van der Waals surface area contributed by atoms with Gasteiger partial charge in [0.25, 0.3) is 0 Å². The van der Waals surface area contributed by atoms with Crippen LogP contribution in [0.3, 0.4) is 0 Å². The second-order valence-corrected chi connectivity index (χ2v) is 6.18. The summed E-state index contributed by atoms with van der Waals surface area (Å²) in [6, 6.07) is 6.83. The Morgan fingerprint density at radius 1 is 1.48 bits per heavy atom. The van der Waals surface area contributed by atoms with Crippen molar-refractivity contribution in [2.45, 2.75) is 38.8 Å². The Kier molecular flexibility index (Phi) is 5.48. The van der Waals surface area contributed by atoms with Crippen LogP contribution in [-0.2, 0) is 0 Å². The summed E-state index contributed by atoms with van der Waals surface area (Å²) in [5.74, 6) is 0.382. The summed E-state index contributed by atoms with van der Waals surface area (Å²) in [5, 5.41) is 13.6.